The molecule has 0 heterocycles. The van der Waals surface area contributed by atoms with Crippen molar-refractivity contribution >= 4 is 11.5 Å². The first kappa shape index (κ1) is 12.2. The molecule has 0 N–H and O–H groups in total. The van der Waals surface area contributed by atoms with Gasteiger partial charge >= 0.3 is 0 Å². The lowest BCUT2D eigenvalue weighted by molar-refractivity contribution is -0.124. The summed E-state index contributed by atoms with van der Waals surface area (Å²) in [5.41, 5.74) is 2.50. The van der Waals surface area contributed by atoms with Crippen molar-refractivity contribution in [3.05, 3.63) is 29.8 Å². The van der Waals surface area contributed by atoms with Gasteiger partial charge in [-0.25, -0.2) is 0 Å². The molecule has 2 nitrogen and oxygen atoms in total. The van der Waals surface area contributed by atoms with Gasteiger partial charge in [0.1, 0.15) is 5.78 Å². The van der Waals surface area contributed by atoms with Crippen molar-refractivity contribution < 1.29 is 4.79 Å². The molecule has 1 unspecified atom stereocenters. The molecule has 1 atom stereocenters. The summed E-state index contributed by atoms with van der Waals surface area (Å²) in [6, 6.07) is 8.56. The first-order valence-corrected chi connectivity index (χ1v) is 6.46. The van der Waals surface area contributed by atoms with Crippen molar-refractivity contribution in [3.8, 4) is 0 Å². The van der Waals surface area contributed by atoms with E-state index in [0.29, 0.717) is 5.78 Å². The van der Waals surface area contributed by atoms with Crippen LogP contribution in [0.4, 0.5) is 5.69 Å². The maximum atomic E-state index is 11.8. The van der Waals surface area contributed by atoms with E-state index in [0.717, 1.165) is 25.7 Å². The second-order valence-corrected chi connectivity index (χ2v) is 5.17. The van der Waals surface area contributed by atoms with Crippen LogP contribution in [0.3, 0.4) is 0 Å². The van der Waals surface area contributed by atoms with Gasteiger partial charge in [-0.3, -0.25) is 4.79 Å². The molecule has 0 saturated heterocycles. The quantitative estimate of drug-likeness (QED) is 0.797. The smallest absolute Gasteiger partial charge is 0.136 e. The van der Waals surface area contributed by atoms with E-state index in [1.54, 1.807) is 0 Å². The van der Waals surface area contributed by atoms with Gasteiger partial charge in [0.05, 0.1) is 0 Å². The highest BCUT2D eigenvalue weighted by Gasteiger charge is 2.22. The first-order valence-electron chi connectivity index (χ1n) is 6.46. The summed E-state index contributed by atoms with van der Waals surface area (Å²) in [5.74, 6) is 0.738. The number of nitrogens with zero attached hydrogens (tertiary/aromatic N) is 1. The number of anilines is 1. The van der Waals surface area contributed by atoms with Gasteiger partial charge < -0.3 is 4.90 Å². The van der Waals surface area contributed by atoms with E-state index in [4.69, 9.17) is 0 Å². The fourth-order valence-corrected chi connectivity index (χ4v) is 2.49. The highest BCUT2D eigenvalue weighted by molar-refractivity contribution is 5.81. The zero-order valence-corrected chi connectivity index (χ0v) is 10.8. The maximum absolute atomic E-state index is 11.8. The van der Waals surface area contributed by atoms with Crippen LogP contribution in [0.5, 0.6) is 0 Å². The summed E-state index contributed by atoms with van der Waals surface area (Å²) in [5, 5.41) is 0. The lowest BCUT2D eigenvalue weighted by Gasteiger charge is -2.20. The van der Waals surface area contributed by atoms with Crippen LogP contribution in [0.1, 0.15) is 31.2 Å². The lowest BCUT2D eigenvalue weighted by atomic mass is 9.84. The van der Waals surface area contributed by atoms with E-state index < -0.39 is 0 Å². The number of carbonyl (C=O) groups is 1. The van der Waals surface area contributed by atoms with Gasteiger partial charge in [-0.1, -0.05) is 18.6 Å². The molecule has 0 amide bonds. The molecule has 0 aliphatic heterocycles. The summed E-state index contributed by atoms with van der Waals surface area (Å²) in [6.45, 7) is 0. The van der Waals surface area contributed by atoms with Crippen molar-refractivity contribution in [2.24, 2.45) is 5.92 Å². The summed E-state index contributed by atoms with van der Waals surface area (Å²) in [6.07, 6.45) is 5.10. The van der Waals surface area contributed by atoms with Gasteiger partial charge in [-0.15, -0.1) is 0 Å². The van der Waals surface area contributed by atoms with Crippen LogP contribution in [-0.4, -0.2) is 19.9 Å². The Morgan fingerprint density at radius 1 is 1.18 bits per heavy atom. The van der Waals surface area contributed by atoms with E-state index in [2.05, 4.69) is 29.2 Å². The average molecular weight is 231 g/mol. The first-order chi connectivity index (χ1) is 8.16. The van der Waals surface area contributed by atoms with Crippen molar-refractivity contribution in [1.29, 1.82) is 0 Å². The van der Waals surface area contributed by atoms with E-state index in [1.807, 2.05) is 14.1 Å². The molecule has 0 bridgehead atoms. The summed E-state index contributed by atoms with van der Waals surface area (Å²) in [7, 11) is 4.08. The fourth-order valence-electron chi connectivity index (χ4n) is 2.49. The van der Waals surface area contributed by atoms with Gasteiger partial charge in [0.25, 0.3) is 0 Å². The highest BCUT2D eigenvalue weighted by atomic mass is 16.1. The Morgan fingerprint density at radius 3 is 2.47 bits per heavy atom. The second-order valence-electron chi connectivity index (χ2n) is 5.17. The van der Waals surface area contributed by atoms with Gasteiger partial charge in [-0.2, -0.15) is 0 Å². The van der Waals surface area contributed by atoms with Gasteiger partial charge in [0, 0.05) is 32.1 Å². The molecule has 0 spiro atoms. The standard InChI is InChI=1S/C15H21NO/c1-16(2)14-9-7-12(8-10-14)11-13-5-3-4-6-15(13)17/h7-10,13H,3-6,11H2,1-2H3. The monoisotopic (exact) mass is 231 g/mol. The Hall–Kier alpha value is -1.31. The molecule has 2 heteroatoms. The molecule has 0 aromatic heterocycles. The molecule has 1 fully saturated rings. The number of Topliss-reactive ketones (excluding diaryl/α,β-unsaturated/α-hetero) is 1. The third-order valence-corrected chi connectivity index (χ3v) is 3.62. The molecular weight excluding hydrogens is 210 g/mol. The minimum absolute atomic E-state index is 0.272. The van der Waals surface area contributed by atoms with E-state index in [9.17, 15) is 4.79 Å². The third-order valence-electron chi connectivity index (χ3n) is 3.62. The molecule has 92 valence electrons. The van der Waals surface area contributed by atoms with Crippen molar-refractivity contribution in [2.75, 3.05) is 19.0 Å². The normalized spacial score (nSPS) is 20.4. The van der Waals surface area contributed by atoms with Crippen LogP contribution < -0.4 is 4.90 Å². The molecule has 1 aliphatic carbocycles. The number of benzene rings is 1. The Kier molecular flexibility index (Phi) is 3.82. The SMILES string of the molecule is CN(C)c1ccc(CC2CCCCC2=O)cc1. The predicted octanol–water partition coefficient (Wildman–Crippen LogP) is 3.05. The topological polar surface area (TPSA) is 20.3 Å². The molecule has 1 aromatic carbocycles. The average Bonchev–Trinajstić information content (AvgIpc) is 2.33. The van der Waals surface area contributed by atoms with Gasteiger partial charge in [-0.05, 0) is 37.0 Å². The van der Waals surface area contributed by atoms with Crippen molar-refractivity contribution in [2.45, 2.75) is 32.1 Å². The minimum atomic E-state index is 0.272. The van der Waals surface area contributed by atoms with Gasteiger partial charge in [0.2, 0.25) is 0 Å². The molecule has 1 saturated carbocycles. The van der Waals surface area contributed by atoms with Gasteiger partial charge in [0.15, 0.2) is 0 Å². The molecule has 2 rings (SSSR count). The van der Waals surface area contributed by atoms with Crippen molar-refractivity contribution in [3.63, 3.8) is 0 Å². The van der Waals surface area contributed by atoms with E-state index in [-0.39, 0.29) is 5.92 Å². The van der Waals surface area contributed by atoms with Crippen LogP contribution >= 0.6 is 0 Å². The Balaban J connectivity index is 2.00. The van der Waals surface area contributed by atoms with Crippen LogP contribution in [0.15, 0.2) is 24.3 Å². The fraction of sp³-hybridized carbons (Fsp3) is 0.533. The highest BCUT2D eigenvalue weighted by Crippen LogP contribution is 2.24. The van der Waals surface area contributed by atoms with Crippen molar-refractivity contribution in [1.82, 2.24) is 0 Å². The Bertz CT molecular complexity index is 380. The molecule has 0 radical (unpaired) electrons. The number of hydrogen-bond acceptors (Lipinski definition) is 2. The third kappa shape index (κ3) is 3.09. The second kappa shape index (κ2) is 5.35. The number of rotatable bonds is 3. The maximum Gasteiger partial charge on any atom is 0.136 e. The zero-order valence-electron chi connectivity index (χ0n) is 10.8. The lowest BCUT2D eigenvalue weighted by Crippen LogP contribution is -2.21. The summed E-state index contributed by atoms with van der Waals surface area (Å²) >= 11 is 0. The Labute approximate surface area is 104 Å². The van der Waals surface area contributed by atoms with Crippen LogP contribution in [0, 0.1) is 5.92 Å². The summed E-state index contributed by atoms with van der Waals surface area (Å²) < 4.78 is 0. The minimum Gasteiger partial charge on any atom is -0.378 e. The molecule has 1 aliphatic rings. The number of hydrogen-bond donors (Lipinski definition) is 0. The van der Waals surface area contributed by atoms with Crippen LogP contribution in [-0.2, 0) is 11.2 Å². The molecule has 17 heavy (non-hydrogen) atoms. The van der Waals surface area contributed by atoms with E-state index >= 15 is 0 Å². The van der Waals surface area contributed by atoms with Crippen LogP contribution in [0.2, 0.25) is 0 Å². The Morgan fingerprint density at radius 2 is 1.88 bits per heavy atom. The van der Waals surface area contributed by atoms with Crippen LogP contribution in [0.25, 0.3) is 0 Å². The predicted molar refractivity (Wildman–Crippen MR) is 71.4 cm³/mol. The largest absolute Gasteiger partial charge is 0.378 e. The van der Waals surface area contributed by atoms with E-state index in [1.165, 1.54) is 17.7 Å². The molecular formula is C15H21NO. The summed E-state index contributed by atoms with van der Waals surface area (Å²) in [4.78, 5) is 13.9. The number of carbonyl (C=O) groups excluding carboxylic acids is 1. The number of ketones is 1. The molecule has 1 aromatic rings. The zero-order chi connectivity index (χ0) is 12.3.